The number of aliphatic hydroxyl groups is 1. The summed E-state index contributed by atoms with van der Waals surface area (Å²) < 4.78 is 13.6. The Morgan fingerprint density at radius 1 is 1.37 bits per heavy atom. The van der Waals surface area contributed by atoms with Crippen LogP contribution < -0.4 is 10.6 Å². The lowest BCUT2D eigenvalue weighted by Gasteiger charge is -2.34. The number of carbonyl (C=O) groups excluding carboxylic acids is 2. The van der Waals surface area contributed by atoms with Gasteiger partial charge in [-0.2, -0.15) is 0 Å². The van der Waals surface area contributed by atoms with E-state index in [-0.39, 0.29) is 32.0 Å². The normalized spacial score (nSPS) is 16.7. The molecule has 0 aromatic heterocycles. The molecule has 30 heavy (non-hydrogen) atoms. The number of alkyl halides is 1. The largest absolute Gasteiger partial charge is 0.394 e. The van der Waals surface area contributed by atoms with Gasteiger partial charge in [0.1, 0.15) is 12.4 Å². The van der Waals surface area contributed by atoms with Crippen LogP contribution in [0.3, 0.4) is 0 Å². The van der Waals surface area contributed by atoms with Crippen molar-refractivity contribution in [3.63, 3.8) is 0 Å². The van der Waals surface area contributed by atoms with E-state index in [1.165, 1.54) is 11.8 Å². The second kappa shape index (κ2) is 15.6. The number of hydroxylamine groups is 2. The topological polar surface area (TPSA) is 118 Å². The number of rotatable bonds is 12. The summed E-state index contributed by atoms with van der Waals surface area (Å²) in [5.41, 5.74) is 0. The van der Waals surface area contributed by atoms with Crippen molar-refractivity contribution in [2.24, 2.45) is 16.8 Å². The molecule has 0 aromatic carbocycles. The Morgan fingerprint density at radius 3 is 2.37 bits per heavy atom. The van der Waals surface area contributed by atoms with E-state index in [9.17, 15) is 24.3 Å². The van der Waals surface area contributed by atoms with E-state index in [4.69, 9.17) is 0 Å². The molecule has 0 saturated heterocycles. The maximum atomic E-state index is 13.6. The average molecular weight is 432 g/mol. The van der Waals surface area contributed by atoms with Crippen LogP contribution in [0.5, 0.6) is 0 Å². The number of nitrogens with zero attached hydrogens (tertiary/aromatic N) is 3. The SMILES string of the molecule is C=CNC.CN=C(C)NC(O)CN(C[C@@H](C)F)C(=O)C(CC1CCC1)CN(O)C=O. The fourth-order valence-corrected chi connectivity index (χ4v) is 3.03. The Hall–Kier alpha value is -2.20. The molecule has 10 heteroatoms. The number of aliphatic hydroxyl groups excluding tert-OH is 1. The fourth-order valence-electron chi connectivity index (χ4n) is 3.03. The number of nitrogens with one attached hydrogen (secondary N) is 2. The first-order valence-corrected chi connectivity index (χ1v) is 10.2. The Kier molecular flexibility index (Phi) is 14.5. The first kappa shape index (κ1) is 27.8. The second-order valence-electron chi connectivity index (χ2n) is 7.44. The number of hydrogen-bond acceptors (Lipinski definition) is 6. The zero-order chi connectivity index (χ0) is 23.1. The van der Waals surface area contributed by atoms with Gasteiger partial charge in [0.05, 0.1) is 31.4 Å². The molecule has 0 radical (unpaired) electrons. The highest BCUT2D eigenvalue weighted by Crippen LogP contribution is 2.33. The van der Waals surface area contributed by atoms with Crippen LogP contribution in [0.2, 0.25) is 0 Å². The summed E-state index contributed by atoms with van der Waals surface area (Å²) in [6.07, 6.45) is 3.15. The van der Waals surface area contributed by atoms with Crippen molar-refractivity contribution >= 4 is 18.2 Å². The third-order valence-corrected chi connectivity index (χ3v) is 4.81. The average Bonchev–Trinajstić information content (AvgIpc) is 2.67. The molecular formula is C20H38FN5O4. The number of amides is 2. The maximum Gasteiger partial charge on any atom is 0.233 e. The summed E-state index contributed by atoms with van der Waals surface area (Å²) in [5.74, 6) is -0.158. The van der Waals surface area contributed by atoms with Crippen molar-refractivity contribution in [2.45, 2.75) is 51.9 Å². The Balaban J connectivity index is 0.00000192. The van der Waals surface area contributed by atoms with Crippen molar-refractivity contribution in [1.82, 2.24) is 20.6 Å². The molecule has 2 unspecified atom stereocenters. The summed E-state index contributed by atoms with van der Waals surface area (Å²) >= 11 is 0. The van der Waals surface area contributed by atoms with Crippen LogP contribution in [0.15, 0.2) is 17.8 Å². The molecule has 0 spiro atoms. The molecule has 1 fully saturated rings. The molecule has 2 amide bonds. The van der Waals surface area contributed by atoms with Crippen LogP contribution in [-0.4, -0.2) is 84.6 Å². The molecule has 3 atom stereocenters. The minimum atomic E-state index is -1.27. The molecule has 0 aliphatic heterocycles. The lowest BCUT2D eigenvalue weighted by atomic mass is 9.78. The van der Waals surface area contributed by atoms with Gasteiger partial charge in [0, 0.05) is 14.1 Å². The molecule has 174 valence electrons. The highest BCUT2D eigenvalue weighted by Gasteiger charge is 2.32. The van der Waals surface area contributed by atoms with Crippen molar-refractivity contribution in [1.29, 1.82) is 0 Å². The Bertz CT molecular complexity index is 543. The molecular weight excluding hydrogens is 393 g/mol. The van der Waals surface area contributed by atoms with E-state index in [0.29, 0.717) is 23.2 Å². The van der Waals surface area contributed by atoms with Crippen LogP contribution >= 0.6 is 0 Å². The molecule has 1 saturated carbocycles. The van der Waals surface area contributed by atoms with Crippen LogP contribution in [0.1, 0.15) is 39.5 Å². The quantitative estimate of drug-likeness (QED) is 0.0919. The number of hydrogen-bond donors (Lipinski definition) is 4. The molecule has 4 N–H and O–H groups in total. The van der Waals surface area contributed by atoms with Gasteiger partial charge >= 0.3 is 0 Å². The third kappa shape index (κ3) is 11.7. The van der Waals surface area contributed by atoms with Gasteiger partial charge in [0.2, 0.25) is 12.3 Å². The van der Waals surface area contributed by atoms with Gasteiger partial charge in [0.15, 0.2) is 0 Å². The van der Waals surface area contributed by atoms with Gasteiger partial charge in [-0.15, -0.1) is 0 Å². The van der Waals surface area contributed by atoms with Gasteiger partial charge in [-0.05, 0) is 32.4 Å². The summed E-state index contributed by atoms with van der Waals surface area (Å²) in [4.78, 5) is 28.8. The lowest BCUT2D eigenvalue weighted by Crippen LogP contribution is -2.50. The van der Waals surface area contributed by atoms with Gasteiger partial charge in [-0.3, -0.25) is 19.8 Å². The van der Waals surface area contributed by atoms with Crippen LogP contribution in [0.4, 0.5) is 4.39 Å². The second-order valence-corrected chi connectivity index (χ2v) is 7.44. The van der Waals surface area contributed by atoms with Crippen LogP contribution in [-0.2, 0) is 9.59 Å². The third-order valence-electron chi connectivity index (χ3n) is 4.81. The summed E-state index contributed by atoms with van der Waals surface area (Å²) in [7, 11) is 3.37. The fraction of sp³-hybridized carbons (Fsp3) is 0.750. The van der Waals surface area contributed by atoms with Crippen molar-refractivity contribution < 1.29 is 24.3 Å². The summed E-state index contributed by atoms with van der Waals surface area (Å²) in [6, 6.07) is 0. The minimum absolute atomic E-state index is 0.117. The predicted octanol–water partition coefficient (Wildman–Crippen LogP) is 1.13. The Morgan fingerprint density at radius 2 is 1.97 bits per heavy atom. The maximum absolute atomic E-state index is 13.6. The molecule has 1 aliphatic rings. The van der Waals surface area contributed by atoms with Crippen molar-refractivity contribution in [3.05, 3.63) is 12.8 Å². The standard InChI is InChI=1S/C17H31FN4O4.C3H7N/c1-12(18)8-21(10-16(24)20-13(2)19-3)17(25)15(9-22(26)11-23)7-14-5-4-6-14;1-3-4-2/h11-12,14-16,24,26H,4-10H2,1-3H3,(H,19,20);3-4H,1H2,2H3/t12-,15?,16?;/m1./s1. The van der Waals surface area contributed by atoms with E-state index in [1.807, 2.05) is 7.05 Å². The lowest BCUT2D eigenvalue weighted by molar-refractivity contribution is -0.158. The Labute approximate surface area is 179 Å². The van der Waals surface area contributed by atoms with Gasteiger partial charge in [0.25, 0.3) is 0 Å². The van der Waals surface area contributed by atoms with E-state index >= 15 is 0 Å². The number of aliphatic imine (C=N–C) groups is 1. The highest BCUT2D eigenvalue weighted by molar-refractivity contribution is 5.80. The number of carbonyl (C=O) groups is 2. The molecule has 1 aliphatic carbocycles. The van der Waals surface area contributed by atoms with Gasteiger partial charge in [-0.25, -0.2) is 9.45 Å². The first-order chi connectivity index (χ1) is 14.2. The highest BCUT2D eigenvalue weighted by atomic mass is 19.1. The molecule has 0 aromatic rings. The molecule has 9 nitrogen and oxygen atoms in total. The van der Waals surface area contributed by atoms with Crippen LogP contribution in [0.25, 0.3) is 0 Å². The predicted molar refractivity (Wildman–Crippen MR) is 115 cm³/mol. The van der Waals surface area contributed by atoms with Gasteiger partial charge < -0.3 is 20.6 Å². The van der Waals surface area contributed by atoms with Crippen LogP contribution in [0, 0.1) is 11.8 Å². The first-order valence-electron chi connectivity index (χ1n) is 10.2. The summed E-state index contributed by atoms with van der Waals surface area (Å²) in [5, 5.41) is 25.5. The monoisotopic (exact) mass is 431 g/mol. The zero-order valence-corrected chi connectivity index (χ0v) is 18.6. The van der Waals surface area contributed by atoms with E-state index < -0.39 is 18.3 Å². The smallest absolute Gasteiger partial charge is 0.233 e. The van der Waals surface area contributed by atoms with E-state index in [2.05, 4.69) is 22.2 Å². The van der Waals surface area contributed by atoms with Crippen molar-refractivity contribution in [3.8, 4) is 0 Å². The van der Waals surface area contributed by atoms with Gasteiger partial charge in [-0.1, -0.05) is 25.8 Å². The molecule has 0 heterocycles. The molecule has 1 rings (SSSR count). The molecule has 0 bridgehead atoms. The number of amidine groups is 1. The van der Waals surface area contributed by atoms with E-state index in [1.54, 1.807) is 20.2 Å². The van der Waals surface area contributed by atoms with E-state index in [0.717, 1.165) is 19.3 Å². The zero-order valence-electron chi connectivity index (χ0n) is 18.6. The summed E-state index contributed by atoms with van der Waals surface area (Å²) in [6.45, 7) is 5.94. The number of halogens is 1. The van der Waals surface area contributed by atoms with Crippen molar-refractivity contribution in [2.75, 3.05) is 33.7 Å². The minimum Gasteiger partial charge on any atom is -0.394 e.